The first-order chi connectivity index (χ1) is 12.6. The Balaban J connectivity index is 1.91. The molecule has 0 aromatic heterocycles. The number of aryl methyl sites for hydroxylation is 1. The van der Waals surface area contributed by atoms with Crippen LogP contribution in [0.1, 0.15) is 31.2 Å². The number of hydrogen-bond acceptors (Lipinski definition) is 5. The first kappa shape index (κ1) is 20.1. The molecule has 1 aromatic carbocycles. The van der Waals surface area contributed by atoms with Gasteiger partial charge in [-0.1, -0.05) is 6.07 Å². The largest absolute Gasteiger partial charge is 0.369 e. The number of primary amides is 1. The van der Waals surface area contributed by atoms with Gasteiger partial charge in [-0.05, 0) is 50.3 Å². The monoisotopic (exact) mass is 415 g/mol. The second-order valence-electron chi connectivity index (χ2n) is 7.13. The summed E-state index contributed by atoms with van der Waals surface area (Å²) in [5, 5.41) is 0. The minimum absolute atomic E-state index is 0.0730. The van der Waals surface area contributed by atoms with E-state index in [-0.39, 0.29) is 29.7 Å². The Bertz CT molecular complexity index is 935. The molecular weight excluding hydrogens is 390 g/mol. The number of carbonyl (C=O) groups excluding carboxylic acids is 1. The molecule has 2 saturated heterocycles. The molecule has 0 saturated carbocycles. The quantitative estimate of drug-likeness (QED) is 0.781. The van der Waals surface area contributed by atoms with Crippen molar-refractivity contribution in [1.29, 1.82) is 0 Å². The Morgan fingerprint density at radius 2 is 1.81 bits per heavy atom. The number of anilines is 1. The number of hydrogen-bond donors (Lipinski definition) is 1. The van der Waals surface area contributed by atoms with E-state index in [1.807, 2.05) is 0 Å². The van der Waals surface area contributed by atoms with E-state index in [1.54, 1.807) is 19.1 Å². The van der Waals surface area contributed by atoms with Crippen molar-refractivity contribution in [2.24, 2.45) is 11.7 Å². The van der Waals surface area contributed by atoms with E-state index in [1.165, 1.54) is 14.7 Å². The number of carbonyl (C=O) groups is 1. The van der Waals surface area contributed by atoms with E-state index in [2.05, 4.69) is 0 Å². The van der Waals surface area contributed by atoms with Crippen molar-refractivity contribution >= 4 is 31.6 Å². The molecule has 0 bridgehead atoms. The second kappa shape index (κ2) is 7.40. The van der Waals surface area contributed by atoms with Crippen molar-refractivity contribution in [2.75, 3.05) is 29.7 Å². The van der Waals surface area contributed by atoms with Gasteiger partial charge in [0.05, 0.1) is 16.3 Å². The van der Waals surface area contributed by atoms with Gasteiger partial charge in [0.25, 0.3) is 0 Å². The molecule has 0 unspecified atom stereocenters. The maximum atomic E-state index is 13.1. The minimum Gasteiger partial charge on any atom is -0.369 e. The number of benzene rings is 1. The first-order valence-electron chi connectivity index (χ1n) is 9.03. The summed E-state index contributed by atoms with van der Waals surface area (Å²) >= 11 is 0. The van der Waals surface area contributed by atoms with Gasteiger partial charge in [-0.25, -0.2) is 16.8 Å². The van der Waals surface area contributed by atoms with Gasteiger partial charge in [-0.2, -0.15) is 4.31 Å². The molecule has 2 aliphatic rings. The summed E-state index contributed by atoms with van der Waals surface area (Å²) < 4.78 is 53.6. The van der Waals surface area contributed by atoms with Crippen LogP contribution in [0, 0.1) is 12.8 Å². The fourth-order valence-corrected chi connectivity index (χ4v) is 6.97. The number of amides is 1. The summed E-state index contributed by atoms with van der Waals surface area (Å²) in [6.07, 6.45) is 2.15. The number of rotatable bonds is 4. The normalized spacial score (nSPS) is 21.9. The van der Waals surface area contributed by atoms with Gasteiger partial charge in [0.15, 0.2) is 0 Å². The molecule has 2 heterocycles. The number of nitrogens with two attached hydrogens (primary N) is 1. The Kier molecular flexibility index (Phi) is 5.51. The Hall–Kier alpha value is -1.65. The molecule has 2 N–H and O–H groups in total. The highest BCUT2D eigenvalue weighted by atomic mass is 32.2. The minimum atomic E-state index is -3.78. The zero-order valence-corrected chi connectivity index (χ0v) is 16.9. The fourth-order valence-electron chi connectivity index (χ4n) is 3.62. The third-order valence-corrected chi connectivity index (χ3v) is 9.19. The van der Waals surface area contributed by atoms with Crippen LogP contribution >= 0.6 is 0 Å². The Morgan fingerprint density at radius 3 is 2.41 bits per heavy atom. The molecule has 27 heavy (non-hydrogen) atoms. The highest BCUT2D eigenvalue weighted by Gasteiger charge is 2.33. The summed E-state index contributed by atoms with van der Waals surface area (Å²) in [7, 11) is -7.20. The molecule has 0 aliphatic carbocycles. The first-order valence-corrected chi connectivity index (χ1v) is 12.1. The van der Waals surface area contributed by atoms with E-state index in [0.29, 0.717) is 37.1 Å². The Labute approximate surface area is 160 Å². The highest BCUT2D eigenvalue weighted by Crippen LogP contribution is 2.31. The number of piperidine rings is 1. The standard InChI is InChI=1S/C17H25N3O5S2/c1-13-4-5-15(20-8-2-3-11-26(20,22)23)12-16(13)27(24,25)19-9-6-14(7-10-19)17(18)21/h4-5,12,14H,2-3,6-11H2,1H3,(H2,18,21). The predicted octanol–water partition coefficient (Wildman–Crippen LogP) is 0.811. The van der Waals surface area contributed by atoms with E-state index in [4.69, 9.17) is 5.73 Å². The van der Waals surface area contributed by atoms with Gasteiger partial charge in [-0.3, -0.25) is 9.10 Å². The molecule has 2 aliphatic heterocycles. The second-order valence-corrected chi connectivity index (χ2v) is 11.0. The van der Waals surface area contributed by atoms with Crippen molar-refractivity contribution in [3.63, 3.8) is 0 Å². The lowest BCUT2D eigenvalue weighted by Crippen LogP contribution is -2.42. The highest BCUT2D eigenvalue weighted by molar-refractivity contribution is 7.92. The molecule has 0 atom stereocenters. The zero-order valence-electron chi connectivity index (χ0n) is 15.3. The van der Waals surface area contributed by atoms with Crippen LogP contribution in [0.25, 0.3) is 0 Å². The molecule has 8 nitrogen and oxygen atoms in total. The van der Waals surface area contributed by atoms with Gasteiger partial charge in [0.2, 0.25) is 26.0 Å². The summed E-state index contributed by atoms with van der Waals surface area (Å²) in [5.41, 5.74) is 6.26. The van der Waals surface area contributed by atoms with E-state index >= 15 is 0 Å². The Morgan fingerprint density at radius 1 is 1.15 bits per heavy atom. The lowest BCUT2D eigenvalue weighted by molar-refractivity contribution is -0.122. The summed E-state index contributed by atoms with van der Waals surface area (Å²) in [4.78, 5) is 11.4. The van der Waals surface area contributed by atoms with Crippen molar-refractivity contribution in [3.05, 3.63) is 23.8 Å². The van der Waals surface area contributed by atoms with Crippen LogP contribution in [0.5, 0.6) is 0 Å². The zero-order chi connectivity index (χ0) is 19.8. The molecular formula is C17H25N3O5S2. The summed E-state index contributed by atoms with van der Waals surface area (Å²) in [6.45, 7) is 2.50. The van der Waals surface area contributed by atoms with Crippen LogP contribution < -0.4 is 10.0 Å². The maximum absolute atomic E-state index is 13.1. The van der Waals surface area contributed by atoms with Gasteiger partial charge in [0.1, 0.15) is 0 Å². The van der Waals surface area contributed by atoms with Crippen LogP contribution in [0.15, 0.2) is 23.1 Å². The van der Waals surface area contributed by atoms with Crippen LogP contribution in [-0.4, -0.2) is 52.4 Å². The lowest BCUT2D eigenvalue weighted by Gasteiger charge is -2.31. The predicted molar refractivity (Wildman–Crippen MR) is 102 cm³/mol. The average Bonchev–Trinajstić information content (AvgIpc) is 2.62. The molecule has 150 valence electrons. The van der Waals surface area contributed by atoms with Crippen molar-refractivity contribution in [1.82, 2.24) is 4.31 Å². The maximum Gasteiger partial charge on any atom is 0.243 e. The number of sulfonamides is 2. The van der Waals surface area contributed by atoms with Crippen LogP contribution in [0.2, 0.25) is 0 Å². The smallest absolute Gasteiger partial charge is 0.243 e. The molecule has 2 fully saturated rings. The average molecular weight is 416 g/mol. The third kappa shape index (κ3) is 3.97. The summed E-state index contributed by atoms with van der Waals surface area (Å²) in [5.74, 6) is -0.633. The molecule has 10 heteroatoms. The van der Waals surface area contributed by atoms with Crippen LogP contribution in [0.4, 0.5) is 5.69 Å². The van der Waals surface area contributed by atoms with Gasteiger partial charge in [-0.15, -0.1) is 0 Å². The molecule has 1 aromatic rings. The lowest BCUT2D eigenvalue weighted by atomic mass is 9.98. The van der Waals surface area contributed by atoms with Crippen molar-refractivity contribution in [3.8, 4) is 0 Å². The molecule has 3 rings (SSSR count). The van der Waals surface area contributed by atoms with E-state index in [0.717, 1.165) is 6.42 Å². The summed E-state index contributed by atoms with van der Waals surface area (Å²) in [6, 6.07) is 4.74. The van der Waals surface area contributed by atoms with Gasteiger partial charge < -0.3 is 5.73 Å². The van der Waals surface area contributed by atoms with Crippen LogP contribution in [0.3, 0.4) is 0 Å². The topological polar surface area (TPSA) is 118 Å². The van der Waals surface area contributed by atoms with Gasteiger partial charge >= 0.3 is 0 Å². The number of nitrogens with zero attached hydrogens (tertiary/aromatic N) is 2. The third-order valence-electron chi connectivity index (χ3n) is 5.28. The SMILES string of the molecule is Cc1ccc(N2CCCCS2(=O)=O)cc1S(=O)(=O)N1CCC(C(N)=O)CC1. The van der Waals surface area contributed by atoms with Crippen molar-refractivity contribution < 1.29 is 21.6 Å². The molecule has 0 radical (unpaired) electrons. The molecule has 0 spiro atoms. The van der Waals surface area contributed by atoms with Crippen molar-refractivity contribution in [2.45, 2.75) is 37.5 Å². The fraction of sp³-hybridized carbons (Fsp3) is 0.588. The van der Waals surface area contributed by atoms with Crippen LogP contribution in [-0.2, 0) is 24.8 Å². The van der Waals surface area contributed by atoms with Gasteiger partial charge in [0, 0.05) is 25.6 Å². The van der Waals surface area contributed by atoms with E-state index in [9.17, 15) is 21.6 Å². The molecule has 1 amide bonds. The van der Waals surface area contributed by atoms with E-state index < -0.39 is 26.0 Å².